The van der Waals surface area contributed by atoms with Crippen LogP contribution in [0.4, 0.5) is 5.69 Å². The summed E-state index contributed by atoms with van der Waals surface area (Å²) in [4.78, 5) is 23.6. The molecule has 0 aromatic heterocycles. The van der Waals surface area contributed by atoms with Gasteiger partial charge in [-0.1, -0.05) is 0 Å². The second kappa shape index (κ2) is 3.73. The monoisotopic (exact) mass is 205 g/mol. The number of carbonyl (C=O) groups excluding carboxylic acids is 1. The first-order chi connectivity index (χ1) is 7.16. The Bertz CT molecular complexity index is 397. The number of rotatable bonds is 2. The third-order valence-electron chi connectivity index (χ3n) is 2.51. The van der Waals surface area contributed by atoms with Crippen molar-refractivity contribution < 1.29 is 14.7 Å². The quantitative estimate of drug-likeness (QED) is 0.787. The van der Waals surface area contributed by atoms with Gasteiger partial charge in [0.2, 0.25) is 0 Å². The minimum absolute atomic E-state index is 0.234. The van der Waals surface area contributed by atoms with Gasteiger partial charge in [-0.2, -0.15) is 0 Å². The zero-order chi connectivity index (χ0) is 10.8. The summed E-state index contributed by atoms with van der Waals surface area (Å²) in [5.74, 6) is -0.698. The van der Waals surface area contributed by atoms with Gasteiger partial charge in [0.15, 0.2) is 5.78 Å². The van der Waals surface area contributed by atoms with E-state index in [2.05, 4.69) is 0 Å². The number of carbonyl (C=O) groups is 2. The van der Waals surface area contributed by atoms with Crippen molar-refractivity contribution in [2.24, 2.45) is 0 Å². The number of carboxylic acids is 1. The lowest BCUT2D eigenvalue weighted by atomic mass is 10.2. The maximum atomic E-state index is 11.1. The van der Waals surface area contributed by atoms with Crippen LogP contribution >= 0.6 is 0 Å². The molecule has 1 heterocycles. The van der Waals surface area contributed by atoms with Gasteiger partial charge in [0.1, 0.15) is 0 Å². The Hall–Kier alpha value is -1.84. The van der Waals surface area contributed by atoms with Gasteiger partial charge in [-0.3, -0.25) is 4.79 Å². The number of carboxylic acid groups (broad SMARTS) is 1. The van der Waals surface area contributed by atoms with E-state index in [9.17, 15) is 9.59 Å². The molecule has 1 aromatic carbocycles. The van der Waals surface area contributed by atoms with Gasteiger partial charge in [-0.05, 0) is 24.3 Å². The van der Waals surface area contributed by atoms with Gasteiger partial charge in [0.25, 0.3) is 0 Å². The fourth-order valence-corrected chi connectivity index (χ4v) is 1.67. The molecule has 78 valence electrons. The maximum absolute atomic E-state index is 11.1. The Kier molecular flexibility index (Phi) is 2.41. The highest BCUT2D eigenvalue weighted by atomic mass is 16.4. The van der Waals surface area contributed by atoms with Gasteiger partial charge in [-0.25, -0.2) is 4.79 Å². The van der Waals surface area contributed by atoms with Crippen molar-refractivity contribution >= 4 is 17.4 Å². The molecule has 1 aliphatic rings. The second-order valence-electron chi connectivity index (χ2n) is 3.56. The third-order valence-corrected chi connectivity index (χ3v) is 2.51. The average Bonchev–Trinajstić information content (AvgIpc) is 2.65. The van der Waals surface area contributed by atoms with Gasteiger partial charge in [0.05, 0.1) is 12.1 Å². The predicted molar refractivity (Wildman–Crippen MR) is 55.2 cm³/mol. The predicted octanol–water partition coefficient (Wildman–Crippen LogP) is 1.16. The molecule has 15 heavy (non-hydrogen) atoms. The second-order valence-corrected chi connectivity index (χ2v) is 3.56. The van der Waals surface area contributed by atoms with E-state index in [4.69, 9.17) is 5.11 Å². The van der Waals surface area contributed by atoms with Crippen LogP contribution in [0.1, 0.15) is 16.8 Å². The first kappa shape index (κ1) is 9.71. The molecule has 0 atom stereocenters. The first-order valence-electron chi connectivity index (χ1n) is 4.77. The van der Waals surface area contributed by atoms with Crippen molar-refractivity contribution in [3.8, 4) is 0 Å². The van der Waals surface area contributed by atoms with Gasteiger partial charge in [-0.15, -0.1) is 0 Å². The van der Waals surface area contributed by atoms with Crippen molar-refractivity contribution in [2.45, 2.75) is 6.42 Å². The van der Waals surface area contributed by atoms with Crippen molar-refractivity contribution in [3.63, 3.8) is 0 Å². The largest absolute Gasteiger partial charge is 0.478 e. The number of hydrogen-bond acceptors (Lipinski definition) is 3. The van der Waals surface area contributed by atoms with E-state index in [1.165, 1.54) is 0 Å². The van der Waals surface area contributed by atoms with Gasteiger partial charge in [0, 0.05) is 18.7 Å². The average molecular weight is 205 g/mol. The molecule has 0 amide bonds. The summed E-state index contributed by atoms with van der Waals surface area (Å²) in [5, 5.41) is 8.72. The molecule has 1 N–H and O–H groups in total. The lowest BCUT2D eigenvalue weighted by Gasteiger charge is -2.16. The molecule has 2 rings (SSSR count). The summed E-state index contributed by atoms with van der Waals surface area (Å²) in [7, 11) is 0. The van der Waals surface area contributed by atoms with Crippen molar-refractivity contribution in [1.82, 2.24) is 0 Å². The maximum Gasteiger partial charge on any atom is 0.335 e. The van der Waals surface area contributed by atoms with Crippen LogP contribution in [-0.4, -0.2) is 29.9 Å². The zero-order valence-corrected chi connectivity index (χ0v) is 8.14. The highest BCUT2D eigenvalue weighted by Gasteiger charge is 2.19. The van der Waals surface area contributed by atoms with Crippen LogP contribution in [0.25, 0.3) is 0 Å². The summed E-state index contributed by atoms with van der Waals surface area (Å²) in [6.45, 7) is 1.16. The fraction of sp³-hybridized carbons (Fsp3) is 0.273. The zero-order valence-electron chi connectivity index (χ0n) is 8.14. The van der Waals surface area contributed by atoms with E-state index in [-0.39, 0.29) is 11.3 Å². The van der Waals surface area contributed by atoms with E-state index in [1.807, 2.05) is 4.90 Å². The molecular weight excluding hydrogens is 194 g/mol. The standard InChI is InChI=1S/C11H11NO3/c13-10-5-6-12(7-10)9-3-1-8(2-4-9)11(14)15/h1-4H,5-7H2,(H,14,15). The van der Waals surface area contributed by atoms with E-state index >= 15 is 0 Å². The Labute approximate surface area is 87.1 Å². The highest BCUT2D eigenvalue weighted by Crippen LogP contribution is 2.18. The van der Waals surface area contributed by atoms with Crippen LogP contribution in [0.5, 0.6) is 0 Å². The summed E-state index contributed by atoms with van der Waals surface area (Å²) >= 11 is 0. The highest BCUT2D eigenvalue weighted by molar-refractivity contribution is 5.89. The Morgan fingerprint density at radius 3 is 2.40 bits per heavy atom. The minimum Gasteiger partial charge on any atom is -0.478 e. The molecule has 4 nitrogen and oxygen atoms in total. The number of ketones is 1. The number of hydrogen-bond donors (Lipinski definition) is 1. The van der Waals surface area contributed by atoms with Crippen LogP contribution in [-0.2, 0) is 4.79 Å². The third kappa shape index (κ3) is 1.98. The molecule has 1 fully saturated rings. The van der Waals surface area contributed by atoms with E-state index in [0.29, 0.717) is 13.0 Å². The Morgan fingerprint density at radius 2 is 1.93 bits per heavy atom. The number of aromatic carboxylic acids is 1. The topological polar surface area (TPSA) is 57.6 Å². The van der Waals surface area contributed by atoms with Crippen LogP contribution in [0.15, 0.2) is 24.3 Å². The molecule has 1 saturated heterocycles. The Balaban J connectivity index is 2.17. The summed E-state index contributed by atoms with van der Waals surface area (Å²) in [6.07, 6.45) is 0.584. The normalized spacial score (nSPS) is 15.7. The Morgan fingerprint density at radius 1 is 1.27 bits per heavy atom. The smallest absolute Gasteiger partial charge is 0.335 e. The first-order valence-corrected chi connectivity index (χ1v) is 4.77. The van der Waals surface area contributed by atoms with Crippen molar-refractivity contribution in [3.05, 3.63) is 29.8 Å². The molecule has 0 radical (unpaired) electrons. The number of anilines is 1. The molecule has 0 aliphatic carbocycles. The lowest BCUT2D eigenvalue weighted by molar-refractivity contribution is -0.116. The molecular formula is C11H11NO3. The lowest BCUT2D eigenvalue weighted by Crippen LogP contribution is -2.19. The number of nitrogens with zero attached hydrogens (tertiary/aromatic N) is 1. The molecule has 1 aromatic rings. The SMILES string of the molecule is O=C1CCN(c2ccc(C(=O)O)cc2)C1. The molecule has 4 heteroatoms. The van der Waals surface area contributed by atoms with E-state index in [0.717, 1.165) is 12.2 Å². The number of benzene rings is 1. The molecule has 1 aliphatic heterocycles. The van der Waals surface area contributed by atoms with Crippen LogP contribution < -0.4 is 4.90 Å². The summed E-state index contributed by atoms with van der Waals surface area (Å²) < 4.78 is 0. The molecule has 0 unspecified atom stereocenters. The summed E-state index contributed by atoms with van der Waals surface area (Å²) in [5.41, 5.74) is 1.18. The molecule has 0 saturated carbocycles. The van der Waals surface area contributed by atoms with Crippen LogP contribution in [0, 0.1) is 0 Å². The van der Waals surface area contributed by atoms with Gasteiger partial charge < -0.3 is 10.0 Å². The number of Topliss-reactive ketones (excluding diaryl/α,β-unsaturated/α-hetero) is 1. The minimum atomic E-state index is -0.931. The van der Waals surface area contributed by atoms with Crippen molar-refractivity contribution in [1.29, 1.82) is 0 Å². The summed E-state index contributed by atoms with van der Waals surface area (Å²) in [6, 6.07) is 6.59. The van der Waals surface area contributed by atoms with Crippen LogP contribution in [0.3, 0.4) is 0 Å². The van der Waals surface area contributed by atoms with Gasteiger partial charge >= 0.3 is 5.97 Å². The fourth-order valence-electron chi connectivity index (χ4n) is 1.67. The van der Waals surface area contributed by atoms with Crippen LogP contribution in [0.2, 0.25) is 0 Å². The van der Waals surface area contributed by atoms with Crippen molar-refractivity contribution in [2.75, 3.05) is 18.0 Å². The van der Waals surface area contributed by atoms with E-state index < -0.39 is 5.97 Å². The molecule has 0 bridgehead atoms. The van der Waals surface area contributed by atoms with E-state index in [1.54, 1.807) is 24.3 Å². The molecule has 0 spiro atoms.